The number of aromatic nitrogens is 2. The third-order valence-electron chi connectivity index (χ3n) is 4.03. The Morgan fingerprint density at radius 3 is 2.73 bits per heavy atom. The van der Waals surface area contributed by atoms with Crippen LogP contribution in [-0.4, -0.2) is 29.3 Å². The van der Waals surface area contributed by atoms with Crippen molar-refractivity contribution in [3.05, 3.63) is 41.2 Å². The third kappa shape index (κ3) is 2.39. The summed E-state index contributed by atoms with van der Waals surface area (Å²) in [6, 6.07) is 7.90. The lowest BCUT2D eigenvalue weighted by atomic mass is 10.0. The van der Waals surface area contributed by atoms with Gasteiger partial charge in [-0.3, -0.25) is 14.9 Å². The Kier molecular flexibility index (Phi) is 3.72. The maximum atomic E-state index is 11.9. The molecule has 2 heterocycles. The van der Waals surface area contributed by atoms with Gasteiger partial charge in [-0.2, -0.15) is 5.10 Å². The van der Waals surface area contributed by atoms with Crippen LogP contribution in [0.4, 0.5) is 5.69 Å². The highest BCUT2D eigenvalue weighted by atomic mass is 16.5. The summed E-state index contributed by atoms with van der Waals surface area (Å²) in [5.74, 6) is 5.72. The molecule has 7 heteroatoms. The molecule has 2 aromatic rings. The van der Waals surface area contributed by atoms with Gasteiger partial charge in [-0.05, 0) is 24.3 Å². The van der Waals surface area contributed by atoms with Crippen molar-refractivity contribution in [2.75, 3.05) is 18.6 Å². The second-order valence-corrected chi connectivity index (χ2v) is 5.24. The fourth-order valence-electron chi connectivity index (χ4n) is 2.86. The molecule has 1 aliphatic rings. The van der Waals surface area contributed by atoms with E-state index in [1.54, 1.807) is 11.8 Å². The smallest absolute Gasteiger partial charge is 0.286 e. The standard InChI is InChI=1S/C15H19N5O2/c1-19-13-7-8-20(10-3-5-11(22-2)6-4-10)9-12(13)14(18-19)15(21)17-16/h3-6H,7-9,16H2,1-2H3,(H,17,21). The molecule has 0 spiro atoms. The predicted molar refractivity (Wildman–Crippen MR) is 82.6 cm³/mol. The van der Waals surface area contributed by atoms with Crippen molar-refractivity contribution in [1.29, 1.82) is 0 Å². The monoisotopic (exact) mass is 301 g/mol. The van der Waals surface area contributed by atoms with Crippen LogP contribution in [0.2, 0.25) is 0 Å². The Bertz CT molecular complexity index is 693. The van der Waals surface area contributed by atoms with E-state index in [0.29, 0.717) is 12.2 Å². The number of hydrazine groups is 1. The van der Waals surface area contributed by atoms with Crippen LogP contribution in [-0.2, 0) is 20.0 Å². The highest BCUT2D eigenvalue weighted by Crippen LogP contribution is 2.27. The average Bonchev–Trinajstić information content (AvgIpc) is 2.90. The van der Waals surface area contributed by atoms with Crippen molar-refractivity contribution in [1.82, 2.24) is 15.2 Å². The number of nitrogen functional groups attached to an aromatic ring is 1. The number of hydrogen-bond acceptors (Lipinski definition) is 5. The number of nitrogens with two attached hydrogens (primary N) is 1. The SMILES string of the molecule is COc1ccc(N2CCc3c(c(C(=O)NN)nn3C)C2)cc1. The first-order chi connectivity index (χ1) is 10.6. The summed E-state index contributed by atoms with van der Waals surface area (Å²) in [6.45, 7) is 1.51. The maximum Gasteiger partial charge on any atom is 0.286 e. The van der Waals surface area contributed by atoms with Crippen LogP contribution >= 0.6 is 0 Å². The molecule has 1 aromatic carbocycles. The molecule has 1 aromatic heterocycles. The van der Waals surface area contributed by atoms with Crippen LogP contribution in [0, 0.1) is 0 Å². The van der Waals surface area contributed by atoms with Crippen LogP contribution in [0.5, 0.6) is 5.75 Å². The van der Waals surface area contributed by atoms with Gasteiger partial charge in [0.1, 0.15) is 5.75 Å². The van der Waals surface area contributed by atoms with Crippen LogP contribution in [0.3, 0.4) is 0 Å². The molecule has 22 heavy (non-hydrogen) atoms. The molecule has 0 radical (unpaired) electrons. The van der Waals surface area contributed by atoms with Gasteiger partial charge in [-0.15, -0.1) is 0 Å². The van der Waals surface area contributed by atoms with Crippen LogP contribution in [0.25, 0.3) is 0 Å². The van der Waals surface area contributed by atoms with Gasteiger partial charge in [0.2, 0.25) is 0 Å². The van der Waals surface area contributed by atoms with Crippen molar-refractivity contribution < 1.29 is 9.53 Å². The first-order valence-electron chi connectivity index (χ1n) is 7.08. The molecule has 3 N–H and O–H groups in total. The number of nitrogens with one attached hydrogen (secondary N) is 1. The number of carbonyl (C=O) groups is 1. The van der Waals surface area contributed by atoms with E-state index >= 15 is 0 Å². The van der Waals surface area contributed by atoms with Crippen molar-refractivity contribution in [3.63, 3.8) is 0 Å². The summed E-state index contributed by atoms with van der Waals surface area (Å²) in [4.78, 5) is 14.1. The molecule has 0 bridgehead atoms. The number of anilines is 1. The van der Waals surface area contributed by atoms with Gasteiger partial charge in [0.15, 0.2) is 5.69 Å². The van der Waals surface area contributed by atoms with Crippen LogP contribution in [0.1, 0.15) is 21.7 Å². The second-order valence-electron chi connectivity index (χ2n) is 5.24. The normalized spacial score (nSPS) is 13.7. The highest BCUT2D eigenvalue weighted by Gasteiger charge is 2.27. The molecule has 0 unspecified atom stereocenters. The van der Waals surface area contributed by atoms with Crippen LogP contribution in [0.15, 0.2) is 24.3 Å². The number of amides is 1. The third-order valence-corrected chi connectivity index (χ3v) is 4.03. The fourth-order valence-corrected chi connectivity index (χ4v) is 2.86. The molecule has 1 amide bonds. The van der Waals surface area contributed by atoms with E-state index in [9.17, 15) is 4.79 Å². The van der Waals surface area contributed by atoms with E-state index in [1.165, 1.54) is 0 Å². The largest absolute Gasteiger partial charge is 0.497 e. The molecule has 1 aliphatic heterocycles. The fraction of sp³-hybridized carbons (Fsp3) is 0.333. The van der Waals surface area contributed by atoms with E-state index in [1.807, 2.05) is 31.3 Å². The lowest BCUT2D eigenvalue weighted by Crippen LogP contribution is -2.34. The number of carbonyl (C=O) groups excluding carboxylic acids is 1. The number of nitrogens with zero attached hydrogens (tertiary/aromatic N) is 3. The van der Waals surface area contributed by atoms with Crippen LogP contribution < -0.4 is 20.9 Å². The van der Waals surface area contributed by atoms with E-state index in [4.69, 9.17) is 10.6 Å². The minimum atomic E-state index is -0.353. The second kappa shape index (κ2) is 5.69. The average molecular weight is 301 g/mol. The molecule has 0 aliphatic carbocycles. The molecule has 116 valence electrons. The molecule has 0 saturated heterocycles. The van der Waals surface area contributed by atoms with E-state index in [-0.39, 0.29) is 5.91 Å². The summed E-state index contributed by atoms with van der Waals surface area (Å²) in [6.07, 6.45) is 0.836. The van der Waals surface area contributed by atoms with Gasteiger partial charge in [-0.25, -0.2) is 5.84 Å². The molecule has 0 saturated carbocycles. The first-order valence-corrected chi connectivity index (χ1v) is 7.08. The Balaban J connectivity index is 1.90. The maximum absolute atomic E-state index is 11.9. The lowest BCUT2D eigenvalue weighted by Gasteiger charge is -2.29. The van der Waals surface area contributed by atoms with E-state index < -0.39 is 0 Å². The Hall–Kier alpha value is -2.54. The Labute approximate surface area is 128 Å². The number of hydrogen-bond donors (Lipinski definition) is 2. The van der Waals surface area contributed by atoms with Gasteiger partial charge in [0.25, 0.3) is 5.91 Å². The summed E-state index contributed by atoms with van der Waals surface area (Å²) in [7, 11) is 3.50. The zero-order valence-corrected chi connectivity index (χ0v) is 12.7. The molecule has 7 nitrogen and oxygen atoms in total. The number of methoxy groups -OCH3 is 1. The van der Waals surface area contributed by atoms with Gasteiger partial charge in [0.05, 0.1) is 7.11 Å². The summed E-state index contributed by atoms with van der Waals surface area (Å²) >= 11 is 0. The number of ether oxygens (including phenoxy) is 1. The van der Waals surface area contributed by atoms with Gasteiger partial charge in [0, 0.05) is 43.5 Å². The zero-order valence-electron chi connectivity index (χ0n) is 12.7. The van der Waals surface area contributed by atoms with Crippen molar-refractivity contribution in [3.8, 4) is 5.75 Å². The van der Waals surface area contributed by atoms with Crippen molar-refractivity contribution >= 4 is 11.6 Å². The van der Waals surface area contributed by atoms with Gasteiger partial charge >= 0.3 is 0 Å². The molecule has 0 fully saturated rings. The first kappa shape index (κ1) is 14.4. The number of aryl methyl sites for hydroxylation is 1. The summed E-state index contributed by atoms with van der Waals surface area (Å²) in [5, 5.41) is 4.30. The van der Waals surface area contributed by atoms with Gasteiger partial charge < -0.3 is 9.64 Å². The Morgan fingerprint density at radius 1 is 1.36 bits per heavy atom. The van der Waals surface area contributed by atoms with Gasteiger partial charge in [-0.1, -0.05) is 0 Å². The minimum Gasteiger partial charge on any atom is -0.497 e. The number of rotatable bonds is 3. The summed E-state index contributed by atoms with van der Waals surface area (Å²) in [5.41, 5.74) is 5.68. The minimum absolute atomic E-state index is 0.353. The molecular formula is C15H19N5O2. The highest BCUT2D eigenvalue weighted by molar-refractivity contribution is 5.93. The lowest BCUT2D eigenvalue weighted by molar-refractivity contribution is 0.0947. The Morgan fingerprint density at radius 2 is 2.09 bits per heavy atom. The molecule has 3 rings (SSSR count). The molecular weight excluding hydrogens is 282 g/mol. The molecule has 0 atom stereocenters. The van der Waals surface area contributed by atoms with Crippen molar-refractivity contribution in [2.45, 2.75) is 13.0 Å². The topological polar surface area (TPSA) is 85.4 Å². The van der Waals surface area contributed by atoms with Crippen molar-refractivity contribution in [2.24, 2.45) is 12.9 Å². The predicted octanol–water partition coefficient (Wildman–Crippen LogP) is 0.595. The summed E-state index contributed by atoms with van der Waals surface area (Å²) < 4.78 is 6.95. The number of fused-ring (bicyclic) bond motifs is 1. The quantitative estimate of drug-likeness (QED) is 0.492. The zero-order chi connectivity index (χ0) is 15.7. The van der Waals surface area contributed by atoms with E-state index in [0.717, 1.165) is 35.7 Å². The number of benzene rings is 1. The van der Waals surface area contributed by atoms with E-state index in [2.05, 4.69) is 15.4 Å².